The van der Waals surface area contributed by atoms with Gasteiger partial charge in [0.05, 0.1) is 19.9 Å². The number of amides is 1. The van der Waals surface area contributed by atoms with E-state index in [9.17, 15) is 9.90 Å². The van der Waals surface area contributed by atoms with Gasteiger partial charge in [-0.3, -0.25) is 4.79 Å². The Morgan fingerprint density at radius 2 is 2.00 bits per heavy atom. The van der Waals surface area contributed by atoms with E-state index >= 15 is 0 Å². The summed E-state index contributed by atoms with van der Waals surface area (Å²) in [5.74, 6) is 0.787. The van der Waals surface area contributed by atoms with Crippen molar-refractivity contribution in [3.05, 3.63) is 53.6 Å². The molecule has 1 amide bonds. The first kappa shape index (κ1) is 16.4. The van der Waals surface area contributed by atoms with E-state index in [2.05, 4.69) is 10.5 Å². The molecule has 0 fully saturated rings. The number of phenols is 1. The molecule has 0 heterocycles. The third kappa shape index (κ3) is 4.47. The SMILES string of the molecule is CCOc1cc(/C=N/NC(=O)c2ccc(OC)cc2)ccc1O. The highest BCUT2D eigenvalue weighted by molar-refractivity contribution is 5.95. The first-order valence-corrected chi connectivity index (χ1v) is 7.07. The Morgan fingerprint density at radius 1 is 1.26 bits per heavy atom. The summed E-state index contributed by atoms with van der Waals surface area (Å²) in [6.45, 7) is 2.28. The number of rotatable bonds is 6. The molecule has 0 radical (unpaired) electrons. The van der Waals surface area contributed by atoms with E-state index < -0.39 is 0 Å². The molecule has 2 aromatic carbocycles. The third-order valence-electron chi connectivity index (χ3n) is 3.02. The highest BCUT2D eigenvalue weighted by Gasteiger charge is 2.05. The fourth-order valence-electron chi connectivity index (χ4n) is 1.85. The van der Waals surface area contributed by atoms with Crippen LogP contribution in [0, 0.1) is 0 Å². The molecule has 6 heteroatoms. The van der Waals surface area contributed by atoms with Crippen molar-refractivity contribution in [3.63, 3.8) is 0 Å². The third-order valence-corrected chi connectivity index (χ3v) is 3.02. The van der Waals surface area contributed by atoms with E-state index in [1.165, 1.54) is 12.3 Å². The second-order valence-corrected chi connectivity index (χ2v) is 4.59. The molecule has 0 saturated heterocycles. The first-order chi connectivity index (χ1) is 11.1. The van der Waals surface area contributed by atoms with E-state index in [4.69, 9.17) is 9.47 Å². The molecule has 2 aromatic rings. The predicted molar refractivity (Wildman–Crippen MR) is 87.3 cm³/mol. The number of hydrazone groups is 1. The number of nitrogens with zero attached hydrogens (tertiary/aromatic N) is 1. The van der Waals surface area contributed by atoms with Gasteiger partial charge in [0.2, 0.25) is 0 Å². The fourth-order valence-corrected chi connectivity index (χ4v) is 1.85. The summed E-state index contributed by atoms with van der Waals surface area (Å²) in [5, 5.41) is 13.5. The van der Waals surface area contributed by atoms with Crippen molar-refractivity contribution in [2.75, 3.05) is 13.7 Å². The summed E-state index contributed by atoms with van der Waals surface area (Å²) < 4.78 is 10.3. The van der Waals surface area contributed by atoms with Crippen LogP contribution >= 0.6 is 0 Å². The maximum absolute atomic E-state index is 11.9. The van der Waals surface area contributed by atoms with Crippen molar-refractivity contribution < 1.29 is 19.4 Å². The number of carbonyl (C=O) groups excluding carboxylic acids is 1. The van der Waals surface area contributed by atoms with Crippen LogP contribution in [0.15, 0.2) is 47.6 Å². The first-order valence-electron chi connectivity index (χ1n) is 7.07. The number of hydrogen-bond acceptors (Lipinski definition) is 5. The van der Waals surface area contributed by atoms with Gasteiger partial charge in [-0.15, -0.1) is 0 Å². The Labute approximate surface area is 134 Å². The fraction of sp³-hybridized carbons (Fsp3) is 0.176. The van der Waals surface area contributed by atoms with Crippen LogP contribution in [0.2, 0.25) is 0 Å². The summed E-state index contributed by atoms with van der Waals surface area (Å²) >= 11 is 0. The van der Waals surface area contributed by atoms with Crippen LogP contribution in [0.3, 0.4) is 0 Å². The quantitative estimate of drug-likeness (QED) is 0.634. The molecule has 0 aromatic heterocycles. The second kappa shape index (κ2) is 7.84. The number of methoxy groups -OCH3 is 1. The summed E-state index contributed by atoms with van der Waals surface area (Å²) in [7, 11) is 1.56. The number of carbonyl (C=O) groups is 1. The van der Waals surface area contributed by atoms with Gasteiger partial charge in [-0.2, -0.15) is 5.10 Å². The second-order valence-electron chi connectivity index (χ2n) is 4.59. The van der Waals surface area contributed by atoms with Crippen LogP contribution in [0.5, 0.6) is 17.2 Å². The van der Waals surface area contributed by atoms with Gasteiger partial charge < -0.3 is 14.6 Å². The smallest absolute Gasteiger partial charge is 0.271 e. The Morgan fingerprint density at radius 3 is 2.65 bits per heavy atom. The number of phenolic OH excluding ortho intramolecular Hbond substituents is 1. The monoisotopic (exact) mass is 314 g/mol. The van der Waals surface area contributed by atoms with Crippen molar-refractivity contribution in [2.24, 2.45) is 5.10 Å². The number of nitrogens with one attached hydrogen (secondary N) is 1. The molecule has 0 unspecified atom stereocenters. The lowest BCUT2D eigenvalue weighted by molar-refractivity contribution is 0.0955. The van der Waals surface area contributed by atoms with Gasteiger partial charge in [-0.25, -0.2) is 5.43 Å². The number of hydrogen-bond donors (Lipinski definition) is 2. The van der Waals surface area contributed by atoms with E-state index in [0.717, 1.165) is 0 Å². The minimum atomic E-state index is -0.326. The maximum Gasteiger partial charge on any atom is 0.271 e. The summed E-state index contributed by atoms with van der Waals surface area (Å²) in [6, 6.07) is 11.5. The normalized spacial score (nSPS) is 10.5. The minimum Gasteiger partial charge on any atom is -0.504 e. The lowest BCUT2D eigenvalue weighted by Crippen LogP contribution is -2.17. The molecule has 0 spiro atoms. The van der Waals surface area contributed by atoms with Gasteiger partial charge in [-0.05, 0) is 55.0 Å². The average Bonchev–Trinajstić information content (AvgIpc) is 2.58. The molecule has 0 atom stereocenters. The Hall–Kier alpha value is -3.02. The zero-order valence-corrected chi connectivity index (χ0v) is 12.9. The van der Waals surface area contributed by atoms with Crippen molar-refractivity contribution in [1.82, 2.24) is 5.43 Å². The Kier molecular flexibility index (Phi) is 5.57. The van der Waals surface area contributed by atoms with Crippen molar-refractivity contribution in [2.45, 2.75) is 6.92 Å². The van der Waals surface area contributed by atoms with E-state index in [1.54, 1.807) is 43.5 Å². The highest BCUT2D eigenvalue weighted by atomic mass is 16.5. The minimum absolute atomic E-state index is 0.0614. The van der Waals surface area contributed by atoms with Gasteiger partial charge >= 0.3 is 0 Å². The van der Waals surface area contributed by atoms with Gasteiger partial charge in [-0.1, -0.05) is 0 Å². The van der Waals surface area contributed by atoms with Crippen molar-refractivity contribution in [1.29, 1.82) is 0 Å². The number of benzene rings is 2. The molecule has 0 aliphatic rings. The lowest BCUT2D eigenvalue weighted by atomic mass is 10.2. The Bertz CT molecular complexity index is 696. The molecule has 6 nitrogen and oxygen atoms in total. The lowest BCUT2D eigenvalue weighted by Gasteiger charge is -2.06. The predicted octanol–water partition coefficient (Wildman–Crippen LogP) is 2.56. The van der Waals surface area contributed by atoms with Crippen LogP contribution < -0.4 is 14.9 Å². The summed E-state index contributed by atoms with van der Waals surface area (Å²) in [4.78, 5) is 11.9. The van der Waals surface area contributed by atoms with Crippen molar-refractivity contribution >= 4 is 12.1 Å². The van der Waals surface area contributed by atoms with Crippen LogP contribution in [-0.2, 0) is 0 Å². The van der Waals surface area contributed by atoms with Crippen LogP contribution in [0.1, 0.15) is 22.8 Å². The zero-order valence-electron chi connectivity index (χ0n) is 12.9. The van der Waals surface area contributed by atoms with Crippen LogP contribution in [0.4, 0.5) is 0 Å². The standard InChI is InChI=1S/C17H18N2O4/c1-3-23-16-10-12(4-9-15(16)20)11-18-19-17(21)13-5-7-14(22-2)8-6-13/h4-11,20H,3H2,1-2H3,(H,19,21)/b18-11+. The van der Waals surface area contributed by atoms with E-state index in [0.29, 0.717) is 29.2 Å². The largest absolute Gasteiger partial charge is 0.504 e. The topological polar surface area (TPSA) is 80.2 Å². The maximum atomic E-state index is 11.9. The number of aromatic hydroxyl groups is 1. The molecular formula is C17H18N2O4. The van der Waals surface area contributed by atoms with Crippen molar-refractivity contribution in [3.8, 4) is 17.2 Å². The van der Waals surface area contributed by atoms with Gasteiger partial charge in [0.25, 0.3) is 5.91 Å². The molecule has 2 N–H and O–H groups in total. The molecule has 0 aliphatic carbocycles. The van der Waals surface area contributed by atoms with Crippen LogP contribution in [-0.4, -0.2) is 30.9 Å². The van der Waals surface area contributed by atoms with Gasteiger partial charge in [0, 0.05) is 5.56 Å². The van der Waals surface area contributed by atoms with E-state index in [-0.39, 0.29) is 11.7 Å². The van der Waals surface area contributed by atoms with Gasteiger partial charge in [0.15, 0.2) is 11.5 Å². The van der Waals surface area contributed by atoms with Crippen LogP contribution in [0.25, 0.3) is 0 Å². The average molecular weight is 314 g/mol. The summed E-state index contributed by atoms with van der Waals surface area (Å²) in [5.41, 5.74) is 3.61. The molecule has 23 heavy (non-hydrogen) atoms. The van der Waals surface area contributed by atoms with Gasteiger partial charge in [0.1, 0.15) is 5.75 Å². The molecule has 0 saturated carbocycles. The molecule has 2 rings (SSSR count). The summed E-state index contributed by atoms with van der Waals surface area (Å²) in [6.07, 6.45) is 1.48. The molecule has 0 aliphatic heterocycles. The molecule has 0 bridgehead atoms. The zero-order chi connectivity index (χ0) is 16.7. The molecule has 120 valence electrons. The number of ether oxygens (including phenoxy) is 2. The molecular weight excluding hydrogens is 296 g/mol. The van der Waals surface area contributed by atoms with E-state index in [1.807, 2.05) is 6.92 Å². The highest BCUT2D eigenvalue weighted by Crippen LogP contribution is 2.26. The Balaban J connectivity index is 2.00.